The first-order valence-electron chi connectivity index (χ1n) is 9.30. The third-order valence-corrected chi connectivity index (χ3v) is 3.82. The van der Waals surface area contributed by atoms with Crippen LogP contribution in [0.4, 0.5) is 0 Å². The Morgan fingerprint density at radius 3 is 2.28 bits per heavy atom. The fourth-order valence-corrected chi connectivity index (χ4v) is 2.44. The van der Waals surface area contributed by atoms with Crippen molar-refractivity contribution >= 4 is 5.97 Å². The number of nitrogens with zero attached hydrogens (tertiary/aromatic N) is 2. The van der Waals surface area contributed by atoms with Crippen LogP contribution in [0.3, 0.4) is 0 Å². The first-order valence-corrected chi connectivity index (χ1v) is 9.30. The fourth-order valence-electron chi connectivity index (χ4n) is 2.44. The van der Waals surface area contributed by atoms with Crippen LogP contribution >= 0.6 is 0 Å². The van der Waals surface area contributed by atoms with E-state index in [2.05, 4.69) is 5.10 Å². The van der Waals surface area contributed by atoms with Crippen molar-refractivity contribution in [3.05, 3.63) is 65.1 Å². The molecule has 0 radical (unpaired) electrons. The van der Waals surface area contributed by atoms with Crippen molar-refractivity contribution in [3.63, 3.8) is 0 Å². The number of ether oxygens (including phenoxy) is 3. The summed E-state index contributed by atoms with van der Waals surface area (Å²) in [4.78, 5) is 23.8. The van der Waals surface area contributed by atoms with Crippen LogP contribution in [0.25, 0.3) is 11.5 Å². The zero-order valence-electron chi connectivity index (χ0n) is 16.1. The van der Waals surface area contributed by atoms with Crippen molar-refractivity contribution in [1.29, 1.82) is 0 Å². The van der Waals surface area contributed by atoms with Crippen LogP contribution < -0.4 is 15.2 Å². The molecule has 152 valence electrons. The van der Waals surface area contributed by atoms with E-state index in [0.29, 0.717) is 17.9 Å². The van der Waals surface area contributed by atoms with Crippen LogP contribution in [-0.4, -0.2) is 35.6 Å². The predicted octanol–water partition coefficient (Wildman–Crippen LogP) is 2.91. The molecule has 0 amide bonds. The van der Waals surface area contributed by atoms with Gasteiger partial charge in [0.05, 0.1) is 6.61 Å². The van der Waals surface area contributed by atoms with Crippen LogP contribution in [0.1, 0.15) is 13.3 Å². The molecule has 0 unspecified atom stereocenters. The number of rotatable bonds is 10. The van der Waals surface area contributed by atoms with E-state index < -0.39 is 11.7 Å². The molecule has 1 heterocycles. The Bertz CT molecular complexity index is 963. The average Bonchev–Trinajstić information content (AvgIpc) is 3.11. The van der Waals surface area contributed by atoms with Crippen molar-refractivity contribution in [2.24, 2.45) is 0 Å². The molecule has 8 nitrogen and oxygen atoms in total. The van der Waals surface area contributed by atoms with Crippen molar-refractivity contribution in [2.45, 2.75) is 19.9 Å². The molecular weight excluding hydrogens is 376 g/mol. The lowest BCUT2D eigenvalue weighted by Gasteiger charge is -2.08. The fraction of sp³-hybridized carbons (Fsp3) is 0.286. The van der Waals surface area contributed by atoms with Gasteiger partial charge in [0, 0.05) is 5.56 Å². The monoisotopic (exact) mass is 398 g/mol. The highest BCUT2D eigenvalue weighted by molar-refractivity contribution is 5.69. The van der Waals surface area contributed by atoms with E-state index in [0.717, 1.165) is 16.9 Å². The molecule has 3 aromatic rings. The van der Waals surface area contributed by atoms with Gasteiger partial charge in [-0.05, 0) is 42.8 Å². The summed E-state index contributed by atoms with van der Waals surface area (Å²) in [5.74, 6) is 0.246. The van der Waals surface area contributed by atoms with Gasteiger partial charge in [0.15, 0.2) is 0 Å². The smallest absolute Gasteiger partial charge is 0.437 e. The Labute approximate surface area is 167 Å². The van der Waals surface area contributed by atoms with Crippen molar-refractivity contribution in [2.75, 3.05) is 19.8 Å². The molecule has 1 aromatic heterocycles. The molecule has 29 heavy (non-hydrogen) atoms. The maximum absolute atomic E-state index is 11.9. The van der Waals surface area contributed by atoms with Crippen molar-refractivity contribution < 1.29 is 23.4 Å². The van der Waals surface area contributed by atoms with Crippen molar-refractivity contribution in [1.82, 2.24) is 9.78 Å². The van der Waals surface area contributed by atoms with Crippen LogP contribution in [0.5, 0.6) is 11.5 Å². The summed E-state index contributed by atoms with van der Waals surface area (Å²) in [7, 11) is 0. The van der Waals surface area contributed by atoms with Crippen LogP contribution in [0.15, 0.2) is 63.8 Å². The normalized spacial score (nSPS) is 10.5. The number of aromatic nitrogens is 2. The van der Waals surface area contributed by atoms with Crippen LogP contribution in [0, 0.1) is 0 Å². The lowest BCUT2D eigenvalue weighted by atomic mass is 10.2. The van der Waals surface area contributed by atoms with E-state index in [-0.39, 0.29) is 25.6 Å². The van der Waals surface area contributed by atoms with Gasteiger partial charge in [0.2, 0.25) is 5.89 Å². The van der Waals surface area contributed by atoms with E-state index in [1.165, 1.54) is 0 Å². The summed E-state index contributed by atoms with van der Waals surface area (Å²) in [6, 6.07) is 16.2. The lowest BCUT2D eigenvalue weighted by molar-refractivity contribution is -0.145. The summed E-state index contributed by atoms with van der Waals surface area (Å²) in [5, 5.41) is 4.02. The first-order chi connectivity index (χ1) is 14.2. The quantitative estimate of drug-likeness (QED) is 0.383. The van der Waals surface area contributed by atoms with Gasteiger partial charge in [0.25, 0.3) is 0 Å². The van der Waals surface area contributed by atoms with Crippen molar-refractivity contribution in [3.8, 4) is 23.0 Å². The molecule has 0 fully saturated rings. The SMILES string of the molecule is CCCOc1ccc(OCCOC(=O)Cn2nc(-c3ccccc3)oc2=O)cc1. The summed E-state index contributed by atoms with van der Waals surface area (Å²) in [5.41, 5.74) is 0.649. The molecular formula is C21H22N2O6. The first kappa shape index (κ1) is 20.2. The second-order valence-corrected chi connectivity index (χ2v) is 6.09. The van der Waals surface area contributed by atoms with Gasteiger partial charge in [-0.25, -0.2) is 4.79 Å². The highest BCUT2D eigenvalue weighted by Crippen LogP contribution is 2.17. The Morgan fingerprint density at radius 2 is 1.62 bits per heavy atom. The zero-order valence-corrected chi connectivity index (χ0v) is 16.1. The number of benzene rings is 2. The number of esters is 1. The van der Waals surface area contributed by atoms with Gasteiger partial charge in [-0.1, -0.05) is 25.1 Å². The van der Waals surface area contributed by atoms with E-state index in [1.54, 1.807) is 36.4 Å². The van der Waals surface area contributed by atoms with E-state index in [9.17, 15) is 9.59 Å². The van der Waals surface area contributed by atoms with Gasteiger partial charge in [-0.2, -0.15) is 4.68 Å². The Morgan fingerprint density at radius 1 is 0.966 bits per heavy atom. The maximum atomic E-state index is 11.9. The lowest BCUT2D eigenvalue weighted by Crippen LogP contribution is -2.24. The van der Waals surface area contributed by atoms with Gasteiger partial charge >= 0.3 is 11.7 Å². The highest BCUT2D eigenvalue weighted by atomic mass is 16.6. The summed E-state index contributed by atoms with van der Waals surface area (Å²) in [6.07, 6.45) is 0.942. The number of hydrogen-bond acceptors (Lipinski definition) is 7. The molecule has 0 saturated heterocycles. The molecule has 0 aliphatic carbocycles. The minimum absolute atomic E-state index is 0.0467. The van der Waals surface area contributed by atoms with Gasteiger partial charge in [0.1, 0.15) is 31.3 Å². The molecule has 8 heteroatoms. The Kier molecular flexibility index (Phi) is 7.05. The van der Waals surface area contributed by atoms with E-state index in [1.807, 2.05) is 25.1 Å². The molecule has 2 aromatic carbocycles. The second-order valence-electron chi connectivity index (χ2n) is 6.09. The molecule has 0 spiro atoms. The zero-order chi connectivity index (χ0) is 20.5. The van der Waals surface area contributed by atoms with Gasteiger partial charge in [-0.3, -0.25) is 4.79 Å². The number of carbonyl (C=O) groups is 1. The minimum Gasteiger partial charge on any atom is -0.494 e. The summed E-state index contributed by atoms with van der Waals surface area (Å²) >= 11 is 0. The largest absolute Gasteiger partial charge is 0.494 e. The molecule has 0 aliphatic heterocycles. The topological polar surface area (TPSA) is 92.8 Å². The van der Waals surface area contributed by atoms with E-state index >= 15 is 0 Å². The van der Waals surface area contributed by atoms with Gasteiger partial charge in [-0.15, -0.1) is 5.10 Å². The molecule has 0 aliphatic rings. The van der Waals surface area contributed by atoms with E-state index in [4.69, 9.17) is 18.6 Å². The third kappa shape index (κ3) is 5.97. The van der Waals surface area contributed by atoms with Crippen LogP contribution in [-0.2, 0) is 16.1 Å². The third-order valence-electron chi connectivity index (χ3n) is 3.82. The minimum atomic E-state index is -0.720. The molecule has 0 atom stereocenters. The summed E-state index contributed by atoms with van der Waals surface area (Å²) in [6.45, 7) is 2.60. The summed E-state index contributed by atoms with van der Waals surface area (Å²) < 4.78 is 22.1. The maximum Gasteiger partial charge on any atom is 0.437 e. The predicted molar refractivity (Wildman–Crippen MR) is 105 cm³/mol. The Balaban J connectivity index is 1.42. The Hall–Kier alpha value is -3.55. The number of hydrogen-bond donors (Lipinski definition) is 0. The molecule has 0 bridgehead atoms. The highest BCUT2D eigenvalue weighted by Gasteiger charge is 2.13. The molecule has 0 saturated carbocycles. The van der Waals surface area contributed by atoms with Crippen LogP contribution in [0.2, 0.25) is 0 Å². The van der Waals surface area contributed by atoms with Gasteiger partial charge < -0.3 is 18.6 Å². The average molecular weight is 398 g/mol. The molecule has 3 rings (SSSR count). The number of carbonyl (C=O) groups excluding carboxylic acids is 1. The standard InChI is InChI=1S/C21H22N2O6/c1-2-12-26-17-8-10-18(11-9-17)27-13-14-28-19(24)15-23-21(25)29-20(22-23)16-6-4-3-5-7-16/h3-11H,2,12-15H2,1H3. The second kappa shape index (κ2) is 10.1. The molecule has 0 N–H and O–H groups in total.